The lowest BCUT2D eigenvalue weighted by Crippen LogP contribution is -2.45. The summed E-state index contributed by atoms with van der Waals surface area (Å²) in [6, 6.07) is 24.7. The summed E-state index contributed by atoms with van der Waals surface area (Å²) in [6.07, 6.45) is 4.73. The number of hydrogen-bond acceptors (Lipinski definition) is 9. The predicted octanol–water partition coefficient (Wildman–Crippen LogP) is 6.91. The predicted molar refractivity (Wildman–Crippen MR) is 241 cm³/mol. The third kappa shape index (κ3) is 26.6. The van der Waals surface area contributed by atoms with Gasteiger partial charge in [0.2, 0.25) is 18.2 Å². The minimum atomic E-state index is -0.461. The highest BCUT2D eigenvalue weighted by Crippen LogP contribution is 2.18. The minimum Gasteiger partial charge on any atom is -0.384 e. The lowest BCUT2D eigenvalue weighted by molar-refractivity contribution is -0.127. The van der Waals surface area contributed by atoms with Crippen LogP contribution in [0, 0.1) is 12.3 Å². The Bertz CT molecular complexity index is 1540. The molecule has 3 amide bonds. The van der Waals surface area contributed by atoms with Crippen molar-refractivity contribution in [2.24, 2.45) is 11.5 Å². The van der Waals surface area contributed by atoms with Gasteiger partial charge in [0.05, 0.1) is 30.4 Å². The molecule has 12 nitrogen and oxygen atoms in total. The van der Waals surface area contributed by atoms with E-state index in [0.717, 1.165) is 43.4 Å². The van der Waals surface area contributed by atoms with Crippen LogP contribution in [0.2, 0.25) is 0 Å². The maximum Gasteiger partial charge on any atom is 0.239 e. The number of aryl methyl sites for hydroxylation is 1. The van der Waals surface area contributed by atoms with Crippen LogP contribution in [0.5, 0.6) is 0 Å². The van der Waals surface area contributed by atoms with Gasteiger partial charge in [0, 0.05) is 38.1 Å². The molecule has 0 unspecified atom stereocenters. The van der Waals surface area contributed by atoms with Crippen molar-refractivity contribution in [3.8, 4) is 0 Å². The van der Waals surface area contributed by atoms with E-state index in [0.29, 0.717) is 43.8 Å². The normalized spacial score (nSPS) is 11.2. The second kappa shape index (κ2) is 31.7. The van der Waals surface area contributed by atoms with E-state index in [4.69, 9.17) is 26.4 Å². The number of nitrogens with one attached hydrogen (secondary N) is 5. The zero-order valence-electron chi connectivity index (χ0n) is 36.5. The van der Waals surface area contributed by atoms with Crippen molar-refractivity contribution in [2.45, 2.75) is 124 Å². The number of hydrogen-bond donors (Lipinski definition) is 7. The molecule has 0 aromatic heterocycles. The van der Waals surface area contributed by atoms with Gasteiger partial charge in [-0.25, -0.2) is 0 Å². The number of nitrogen functional groups attached to an aromatic ring is 1. The lowest BCUT2D eigenvalue weighted by atomic mass is 10.0. The molecular weight excluding hydrogens is 751 g/mol. The Morgan fingerprint density at radius 3 is 2.10 bits per heavy atom. The lowest BCUT2D eigenvalue weighted by Gasteiger charge is -2.27. The quantitative estimate of drug-likeness (QED) is 0.0175. The molecule has 0 fully saturated rings. The molecule has 1 atom stereocenters. The van der Waals surface area contributed by atoms with Crippen LogP contribution >= 0.6 is 11.9 Å². The standard InChI is InChI=1S/C24H32N6O3S.C11H24O2.C8H11N.C2H6/c25-23(26)20-11-9-18(10-12-20)14-28-22(32)15-29-24(33)21(8-4-5-13-27-17-31)30-34-16-19-6-2-1-3-7-19;1-7-10(2,3)13-9-8-11(4,5)12-6;1-7-3-2-4-8(5-7)6-9;1-2/h1-3,6-7,9-12,17,21,30H,4-5,8,13-16H2,(H3,25,26)(H,27,31)(H,28,32)(H,29,33);7-9H2,1-6H3;2-5H,6,9H2,1H3;1-2H3/t21-;;;/m1.../s1. The highest BCUT2D eigenvalue weighted by molar-refractivity contribution is 7.96. The summed E-state index contributed by atoms with van der Waals surface area (Å²) >= 11 is 1.45. The highest BCUT2D eigenvalue weighted by Gasteiger charge is 2.20. The van der Waals surface area contributed by atoms with Crippen LogP contribution in [0.25, 0.3) is 0 Å². The molecule has 0 radical (unpaired) electrons. The van der Waals surface area contributed by atoms with Gasteiger partial charge in [-0.3, -0.25) is 24.5 Å². The van der Waals surface area contributed by atoms with Crippen LogP contribution in [0.15, 0.2) is 78.9 Å². The monoisotopic (exact) mass is 824 g/mol. The summed E-state index contributed by atoms with van der Waals surface area (Å²) in [4.78, 5) is 35.3. The Morgan fingerprint density at radius 1 is 0.897 bits per heavy atom. The average Bonchev–Trinajstić information content (AvgIpc) is 3.22. The van der Waals surface area contributed by atoms with Crippen molar-refractivity contribution < 1.29 is 23.9 Å². The number of amides is 3. The number of carbonyl (C=O) groups is 3. The molecule has 0 aliphatic rings. The van der Waals surface area contributed by atoms with Crippen LogP contribution in [0.4, 0.5) is 0 Å². The topological polar surface area (TPSA) is 194 Å². The van der Waals surface area contributed by atoms with Gasteiger partial charge in [0.15, 0.2) is 0 Å². The number of unbranched alkanes of at least 4 members (excludes halogenated alkanes) is 1. The fraction of sp³-hybridized carbons (Fsp3) is 0.511. The molecule has 0 heterocycles. The van der Waals surface area contributed by atoms with E-state index in [-0.39, 0.29) is 35.4 Å². The van der Waals surface area contributed by atoms with E-state index in [1.807, 2.05) is 56.3 Å². The molecule has 0 aliphatic carbocycles. The van der Waals surface area contributed by atoms with Gasteiger partial charge in [-0.15, -0.1) is 0 Å². The van der Waals surface area contributed by atoms with Crippen LogP contribution in [-0.4, -0.2) is 68.1 Å². The fourth-order valence-corrected chi connectivity index (χ4v) is 5.52. The van der Waals surface area contributed by atoms with Gasteiger partial charge in [-0.05, 0) is 83.4 Å². The number of benzene rings is 3. The number of carbonyl (C=O) groups excluding carboxylic acids is 3. The van der Waals surface area contributed by atoms with Gasteiger partial charge < -0.3 is 36.9 Å². The van der Waals surface area contributed by atoms with Crippen molar-refractivity contribution in [2.75, 3.05) is 26.8 Å². The zero-order chi connectivity index (χ0) is 43.8. The maximum absolute atomic E-state index is 12.7. The average molecular weight is 824 g/mol. The van der Waals surface area contributed by atoms with Crippen LogP contribution in [-0.2, 0) is 42.7 Å². The molecular formula is C45H73N7O5S. The summed E-state index contributed by atoms with van der Waals surface area (Å²) in [7, 11) is 1.74. The largest absolute Gasteiger partial charge is 0.384 e. The minimum absolute atomic E-state index is 0.00379. The zero-order valence-corrected chi connectivity index (χ0v) is 37.4. The van der Waals surface area contributed by atoms with E-state index < -0.39 is 6.04 Å². The van der Waals surface area contributed by atoms with Crippen LogP contribution in [0.1, 0.15) is 108 Å². The van der Waals surface area contributed by atoms with Crippen LogP contribution in [0.3, 0.4) is 0 Å². The Labute approximate surface area is 353 Å². The van der Waals surface area contributed by atoms with Gasteiger partial charge in [-0.1, -0.05) is 117 Å². The van der Waals surface area contributed by atoms with Gasteiger partial charge in [-0.2, -0.15) is 0 Å². The number of ether oxygens (including phenoxy) is 2. The first kappa shape index (κ1) is 53.7. The number of nitrogens with two attached hydrogens (primary N) is 2. The molecule has 3 aromatic rings. The molecule has 0 saturated carbocycles. The Hall–Kier alpha value is -4.27. The van der Waals surface area contributed by atoms with Crippen molar-refractivity contribution in [1.82, 2.24) is 20.7 Å². The molecule has 324 valence electrons. The first-order valence-corrected chi connectivity index (χ1v) is 21.1. The van der Waals surface area contributed by atoms with Crippen molar-refractivity contribution >= 4 is 36.0 Å². The molecule has 0 saturated heterocycles. The van der Waals surface area contributed by atoms with Gasteiger partial charge in [0.1, 0.15) is 5.84 Å². The summed E-state index contributed by atoms with van der Waals surface area (Å²) in [6.45, 7) is 18.8. The summed E-state index contributed by atoms with van der Waals surface area (Å²) in [5.41, 5.74) is 15.9. The number of methoxy groups -OCH3 is 1. The SMILES string of the molecule is CC.CCC(C)(C)OCCC(C)(C)OC.Cc1cccc(CN)c1.N=C(N)c1ccc(CNC(=O)CNC(=O)[C@@H](CCCCNC=O)NSCc2ccccc2)cc1. The Balaban J connectivity index is 0.00000110. The molecule has 3 aromatic carbocycles. The van der Waals surface area contributed by atoms with E-state index in [1.165, 1.54) is 23.1 Å². The second-order valence-electron chi connectivity index (χ2n) is 14.5. The molecule has 58 heavy (non-hydrogen) atoms. The summed E-state index contributed by atoms with van der Waals surface area (Å²) in [5.74, 6) is 0.156. The van der Waals surface area contributed by atoms with Crippen LogP contribution < -0.4 is 32.1 Å². The first-order valence-electron chi connectivity index (χ1n) is 20.2. The fourth-order valence-electron chi connectivity index (χ4n) is 4.65. The molecule has 0 aliphatic heterocycles. The first-order chi connectivity index (χ1) is 27.6. The Morgan fingerprint density at radius 2 is 1.55 bits per heavy atom. The summed E-state index contributed by atoms with van der Waals surface area (Å²) < 4.78 is 14.3. The van der Waals surface area contributed by atoms with Crippen molar-refractivity contribution in [3.05, 3.63) is 107 Å². The number of rotatable bonds is 23. The smallest absolute Gasteiger partial charge is 0.239 e. The molecule has 0 bridgehead atoms. The Kier molecular flexibility index (Phi) is 29.4. The highest BCUT2D eigenvalue weighted by atomic mass is 32.2. The van der Waals surface area contributed by atoms with Crippen molar-refractivity contribution in [1.29, 1.82) is 5.41 Å². The maximum atomic E-state index is 12.7. The van der Waals surface area contributed by atoms with E-state index in [9.17, 15) is 14.4 Å². The van der Waals surface area contributed by atoms with Gasteiger partial charge >= 0.3 is 0 Å². The summed E-state index contributed by atoms with van der Waals surface area (Å²) in [5, 5.41) is 15.5. The third-order valence-corrected chi connectivity index (χ3v) is 9.80. The van der Waals surface area contributed by atoms with E-state index in [2.05, 4.69) is 74.3 Å². The second-order valence-corrected chi connectivity index (χ2v) is 15.3. The van der Waals surface area contributed by atoms with Crippen molar-refractivity contribution in [3.63, 3.8) is 0 Å². The van der Waals surface area contributed by atoms with E-state index in [1.54, 1.807) is 31.4 Å². The molecule has 3 rings (SSSR count). The van der Waals surface area contributed by atoms with Gasteiger partial charge in [0.25, 0.3) is 0 Å². The number of amidine groups is 1. The molecule has 9 N–H and O–H groups in total. The van der Waals surface area contributed by atoms with E-state index >= 15 is 0 Å². The molecule has 0 spiro atoms. The molecule has 13 heteroatoms. The third-order valence-electron chi connectivity index (χ3n) is 8.87.